The lowest BCUT2D eigenvalue weighted by molar-refractivity contribution is -0.393. The lowest BCUT2D eigenvalue weighted by atomic mass is 10.1. The third kappa shape index (κ3) is 18.5. The fourth-order valence-electron chi connectivity index (χ4n) is 2.91. The smallest absolute Gasteiger partial charge is 0.299 e. The van der Waals surface area contributed by atoms with Crippen LogP contribution in [0.2, 0.25) is 0 Å². The van der Waals surface area contributed by atoms with Gasteiger partial charge in [0.15, 0.2) is 0 Å². The first-order valence-electron chi connectivity index (χ1n) is 13.2. The van der Waals surface area contributed by atoms with Crippen LogP contribution in [-0.2, 0) is 33.2 Å². The van der Waals surface area contributed by atoms with Crippen LogP contribution in [0.15, 0.2) is 18.2 Å². The molecule has 1 aromatic rings. The number of hydrogen-bond acceptors (Lipinski definition) is 12. The molecule has 14 nitrogen and oxygen atoms in total. The molecule has 0 fully saturated rings. The Labute approximate surface area is 229 Å². The van der Waals surface area contributed by atoms with E-state index in [0.717, 1.165) is 19.1 Å². The number of benzene rings is 1. The first-order valence-corrected chi connectivity index (χ1v) is 13.2. The van der Waals surface area contributed by atoms with Gasteiger partial charge in [0.25, 0.3) is 11.4 Å². The highest BCUT2D eigenvalue weighted by molar-refractivity contribution is 5.65. The molecule has 0 spiro atoms. The summed E-state index contributed by atoms with van der Waals surface area (Å²) >= 11 is 0. The highest BCUT2D eigenvalue weighted by atomic mass is 16.6. The minimum absolute atomic E-state index is 0.193. The number of nitro groups is 2. The minimum atomic E-state index is -0.678. The Morgan fingerprint density at radius 3 is 1.54 bits per heavy atom. The molecule has 1 rings (SSSR count). The summed E-state index contributed by atoms with van der Waals surface area (Å²) < 4.78 is 38.1. The normalized spacial score (nSPS) is 11.9. The van der Waals surface area contributed by atoms with Gasteiger partial charge in [-0.3, -0.25) is 20.2 Å². The topological polar surface area (TPSA) is 163 Å². The number of nitrogens with zero attached hydrogens (tertiary/aromatic N) is 2. The van der Waals surface area contributed by atoms with E-state index in [9.17, 15) is 20.2 Å². The van der Waals surface area contributed by atoms with Crippen molar-refractivity contribution in [3.05, 3.63) is 38.4 Å². The molecular formula is C25H43N3O11. The standard InChI is InChI=1S/C25H43N3O11/c1-3-22(2)21-39-19-18-38-17-16-37-15-14-36-13-12-35-11-10-34-9-8-33-7-6-26-24-5-4-23(27(29)30)20-25(24)28(31)32/h4-5,20,22,26H,3,6-19,21H2,1-2H3. The molecule has 14 heteroatoms. The Hall–Kier alpha value is -2.46. The van der Waals surface area contributed by atoms with Crippen molar-refractivity contribution in [2.45, 2.75) is 20.3 Å². The van der Waals surface area contributed by atoms with Crippen molar-refractivity contribution < 1.29 is 43.0 Å². The SMILES string of the molecule is CCC(C)COCCOCCOCCOCCOCCOCCOCCNc1ccc([N+](=O)[O-])cc1[N+](=O)[O-]. The van der Waals surface area contributed by atoms with Crippen molar-refractivity contribution in [2.24, 2.45) is 5.92 Å². The number of hydrogen-bond donors (Lipinski definition) is 1. The minimum Gasteiger partial charge on any atom is -0.379 e. The molecule has 1 unspecified atom stereocenters. The summed E-state index contributed by atoms with van der Waals surface area (Å²) in [6.45, 7) is 11.4. The molecular weight excluding hydrogens is 518 g/mol. The third-order valence-electron chi connectivity index (χ3n) is 5.28. The Morgan fingerprint density at radius 1 is 0.692 bits per heavy atom. The molecule has 0 aliphatic rings. The van der Waals surface area contributed by atoms with E-state index in [0.29, 0.717) is 91.7 Å². The maximum atomic E-state index is 11.1. The van der Waals surface area contributed by atoms with Gasteiger partial charge in [-0.2, -0.15) is 0 Å². The van der Waals surface area contributed by atoms with Gasteiger partial charge in [0.05, 0.1) is 102 Å². The monoisotopic (exact) mass is 561 g/mol. The highest BCUT2D eigenvalue weighted by Crippen LogP contribution is 2.28. The second-order valence-corrected chi connectivity index (χ2v) is 8.41. The van der Waals surface area contributed by atoms with E-state index < -0.39 is 9.85 Å². The molecule has 0 saturated carbocycles. The molecule has 0 radical (unpaired) electrons. The summed E-state index contributed by atoms with van der Waals surface area (Å²) in [5.74, 6) is 0.580. The Balaban J connectivity index is 1.83. The number of nitrogens with one attached hydrogen (secondary N) is 1. The number of non-ortho nitro benzene ring substituents is 1. The van der Waals surface area contributed by atoms with Crippen molar-refractivity contribution in [3.8, 4) is 0 Å². The summed E-state index contributed by atoms with van der Waals surface area (Å²) in [6, 6.07) is 3.44. The van der Waals surface area contributed by atoms with Crippen LogP contribution in [0, 0.1) is 26.1 Å². The maximum Gasteiger partial charge on any atom is 0.299 e. The molecule has 0 aromatic heterocycles. The van der Waals surface area contributed by atoms with Crippen LogP contribution in [0.5, 0.6) is 0 Å². The zero-order chi connectivity index (χ0) is 28.6. The van der Waals surface area contributed by atoms with Gasteiger partial charge in [-0.25, -0.2) is 0 Å². The molecule has 0 aliphatic heterocycles. The van der Waals surface area contributed by atoms with Gasteiger partial charge in [0.2, 0.25) is 0 Å². The largest absolute Gasteiger partial charge is 0.379 e. The van der Waals surface area contributed by atoms with Crippen LogP contribution >= 0.6 is 0 Å². The molecule has 0 saturated heterocycles. The van der Waals surface area contributed by atoms with E-state index in [1.165, 1.54) is 12.1 Å². The van der Waals surface area contributed by atoms with Crippen LogP contribution in [0.3, 0.4) is 0 Å². The fourth-order valence-corrected chi connectivity index (χ4v) is 2.91. The number of rotatable bonds is 27. The van der Waals surface area contributed by atoms with Gasteiger partial charge in [0.1, 0.15) is 5.69 Å². The highest BCUT2D eigenvalue weighted by Gasteiger charge is 2.19. The lowest BCUT2D eigenvalue weighted by Crippen LogP contribution is -2.15. The van der Waals surface area contributed by atoms with Crippen molar-refractivity contribution in [2.75, 3.05) is 104 Å². The summed E-state index contributed by atoms with van der Waals surface area (Å²) in [7, 11) is 0. The molecule has 0 amide bonds. The Morgan fingerprint density at radius 2 is 1.13 bits per heavy atom. The summed E-state index contributed by atoms with van der Waals surface area (Å²) in [4.78, 5) is 20.5. The van der Waals surface area contributed by atoms with Crippen LogP contribution in [0.4, 0.5) is 17.1 Å². The van der Waals surface area contributed by atoms with Gasteiger partial charge < -0.3 is 38.5 Å². The maximum absolute atomic E-state index is 11.1. The number of ether oxygens (including phenoxy) is 7. The van der Waals surface area contributed by atoms with Gasteiger partial charge in [-0.05, 0) is 12.0 Å². The fraction of sp³-hybridized carbons (Fsp3) is 0.760. The van der Waals surface area contributed by atoms with Gasteiger partial charge in [-0.15, -0.1) is 0 Å². The second kappa shape index (κ2) is 23.4. The van der Waals surface area contributed by atoms with E-state index in [4.69, 9.17) is 33.2 Å². The summed E-state index contributed by atoms with van der Waals surface area (Å²) in [5, 5.41) is 24.7. The number of anilines is 1. The molecule has 1 atom stereocenters. The van der Waals surface area contributed by atoms with E-state index in [1.807, 2.05) is 0 Å². The van der Waals surface area contributed by atoms with Crippen LogP contribution in [-0.4, -0.2) is 109 Å². The van der Waals surface area contributed by atoms with Crippen LogP contribution in [0.25, 0.3) is 0 Å². The Bertz CT molecular complexity index is 786. The summed E-state index contributed by atoms with van der Waals surface area (Å²) in [6.07, 6.45) is 1.12. The zero-order valence-electron chi connectivity index (χ0n) is 23.0. The predicted molar refractivity (Wildman–Crippen MR) is 143 cm³/mol. The van der Waals surface area contributed by atoms with Crippen molar-refractivity contribution in [1.82, 2.24) is 0 Å². The van der Waals surface area contributed by atoms with Gasteiger partial charge in [0, 0.05) is 19.2 Å². The van der Waals surface area contributed by atoms with Crippen molar-refractivity contribution in [1.29, 1.82) is 0 Å². The zero-order valence-corrected chi connectivity index (χ0v) is 23.0. The quantitative estimate of drug-likeness (QED) is 0.0950. The lowest BCUT2D eigenvalue weighted by Gasteiger charge is -2.10. The first kappa shape index (κ1) is 34.6. The van der Waals surface area contributed by atoms with Gasteiger partial charge >= 0.3 is 0 Å². The molecule has 224 valence electrons. The number of nitro benzene ring substituents is 2. The molecule has 1 N–H and O–H groups in total. The summed E-state index contributed by atoms with van der Waals surface area (Å²) in [5.41, 5.74) is -0.506. The predicted octanol–water partition coefficient (Wildman–Crippen LogP) is 3.08. The van der Waals surface area contributed by atoms with E-state index >= 15 is 0 Å². The third-order valence-corrected chi connectivity index (χ3v) is 5.28. The molecule has 1 aromatic carbocycles. The van der Waals surface area contributed by atoms with Crippen LogP contribution in [0.1, 0.15) is 20.3 Å². The van der Waals surface area contributed by atoms with E-state index in [2.05, 4.69) is 19.2 Å². The molecule has 0 aliphatic carbocycles. The van der Waals surface area contributed by atoms with Crippen molar-refractivity contribution in [3.63, 3.8) is 0 Å². The average molecular weight is 562 g/mol. The van der Waals surface area contributed by atoms with Crippen molar-refractivity contribution >= 4 is 17.1 Å². The first-order chi connectivity index (χ1) is 19.0. The Kier molecular flexibility index (Phi) is 20.8. The average Bonchev–Trinajstić information content (AvgIpc) is 2.93. The van der Waals surface area contributed by atoms with Gasteiger partial charge in [-0.1, -0.05) is 20.3 Å². The second-order valence-electron chi connectivity index (χ2n) is 8.41. The van der Waals surface area contributed by atoms with Crippen LogP contribution < -0.4 is 5.32 Å². The van der Waals surface area contributed by atoms with E-state index in [1.54, 1.807) is 0 Å². The molecule has 0 bridgehead atoms. The molecule has 0 heterocycles. The molecule has 39 heavy (non-hydrogen) atoms. The van der Waals surface area contributed by atoms with E-state index in [-0.39, 0.29) is 23.7 Å².